The summed E-state index contributed by atoms with van der Waals surface area (Å²) in [5, 5.41) is 0. The van der Waals surface area contributed by atoms with Crippen LogP contribution in [0.5, 0.6) is 5.75 Å². The van der Waals surface area contributed by atoms with E-state index in [4.69, 9.17) is 10.6 Å². The van der Waals surface area contributed by atoms with Gasteiger partial charge in [-0.2, -0.15) is 0 Å². The molecule has 0 saturated carbocycles. The van der Waals surface area contributed by atoms with Gasteiger partial charge in [0, 0.05) is 12.2 Å². The highest BCUT2D eigenvalue weighted by atomic mass is 19.1. The van der Waals surface area contributed by atoms with Gasteiger partial charge in [-0.25, -0.2) is 20.2 Å². The summed E-state index contributed by atoms with van der Waals surface area (Å²) in [4.78, 5) is 10.1. The average Bonchev–Trinajstić information content (AvgIpc) is 2.89. The van der Waals surface area contributed by atoms with Crippen LogP contribution in [0, 0.1) is 5.82 Å². The van der Waals surface area contributed by atoms with Gasteiger partial charge in [-0.05, 0) is 24.1 Å². The Hall–Kier alpha value is -2.41. The van der Waals surface area contributed by atoms with Crippen LogP contribution in [0.2, 0.25) is 0 Å². The van der Waals surface area contributed by atoms with Crippen LogP contribution in [0.15, 0.2) is 24.5 Å². The minimum atomic E-state index is -0.277. The minimum absolute atomic E-state index is 0.277. The first-order chi connectivity index (χ1) is 9.74. The van der Waals surface area contributed by atoms with Crippen molar-refractivity contribution >= 4 is 17.3 Å². The Morgan fingerprint density at radius 3 is 3.00 bits per heavy atom. The predicted octanol–water partition coefficient (Wildman–Crippen LogP) is 1.60. The molecule has 0 fully saturated rings. The van der Waals surface area contributed by atoms with E-state index in [9.17, 15) is 4.39 Å². The summed E-state index contributed by atoms with van der Waals surface area (Å²) in [6.07, 6.45) is 2.22. The van der Waals surface area contributed by atoms with Gasteiger partial charge in [0.1, 0.15) is 12.1 Å². The highest BCUT2D eigenvalue weighted by Gasteiger charge is 2.26. The zero-order valence-corrected chi connectivity index (χ0v) is 10.9. The maximum atomic E-state index is 13.5. The number of anilines is 3. The molecule has 3 N–H and O–H groups in total. The number of methoxy groups -OCH3 is 1. The molecule has 7 heteroatoms. The number of halogens is 1. The van der Waals surface area contributed by atoms with Crippen LogP contribution in [0.1, 0.15) is 5.56 Å². The first kappa shape index (κ1) is 12.6. The molecular formula is C13H14FN5O. The Morgan fingerprint density at radius 1 is 1.40 bits per heavy atom. The van der Waals surface area contributed by atoms with Crippen LogP contribution in [-0.2, 0) is 6.42 Å². The molecule has 2 heterocycles. The molecule has 0 unspecified atom stereocenters. The van der Waals surface area contributed by atoms with E-state index in [0.29, 0.717) is 23.9 Å². The number of nitrogen functional groups attached to an aromatic ring is 1. The molecule has 0 bridgehead atoms. The van der Waals surface area contributed by atoms with Crippen molar-refractivity contribution in [3.63, 3.8) is 0 Å². The van der Waals surface area contributed by atoms with E-state index in [-0.39, 0.29) is 5.82 Å². The molecule has 3 rings (SSSR count). The summed E-state index contributed by atoms with van der Waals surface area (Å²) in [6, 6.07) is 4.76. The molecule has 0 spiro atoms. The van der Waals surface area contributed by atoms with E-state index in [1.807, 2.05) is 4.90 Å². The Labute approximate surface area is 115 Å². The van der Waals surface area contributed by atoms with Gasteiger partial charge in [-0.3, -0.25) is 0 Å². The second-order valence-corrected chi connectivity index (χ2v) is 4.40. The molecule has 1 aliphatic rings. The smallest absolute Gasteiger partial charge is 0.206 e. The number of benzene rings is 1. The van der Waals surface area contributed by atoms with Crippen LogP contribution in [0.4, 0.5) is 21.7 Å². The Bertz CT molecular complexity index is 649. The standard InChI is InChI=1S/C13H14FN5O/c1-20-11-12(18-15)16-7-17-13(11)19-5-4-8-2-3-9(14)6-10(8)19/h2-3,6-7H,4-5,15H2,1H3,(H,16,17,18). The number of hydrazine groups is 1. The average molecular weight is 275 g/mol. The second kappa shape index (κ2) is 4.93. The maximum absolute atomic E-state index is 13.5. The molecule has 0 amide bonds. The monoisotopic (exact) mass is 275 g/mol. The van der Waals surface area contributed by atoms with Crippen LogP contribution < -0.4 is 20.9 Å². The number of hydrogen-bond acceptors (Lipinski definition) is 6. The number of nitrogens with zero attached hydrogens (tertiary/aromatic N) is 3. The lowest BCUT2D eigenvalue weighted by atomic mass is 10.2. The zero-order chi connectivity index (χ0) is 14.1. The predicted molar refractivity (Wildman–Crippen MR) is 73.5 cm³/mol. The lowest BCUT2D eigenvalue weighted by molar-refractivity contribution is 0.413. The molecular weight excluding hydrogens is 261 g/mol. The summed E-state index contributed by atoms with van der Waals surface area (Å²) in [5.74, 6) is 6.53. The third kappa shape index (κ3) is 1.92. The molecule has 0 saturated heterocycles. The lowest BCUT2D eigenvalue weighted by Gasteiger charge is -2.21. The summed E-state index contributed by atoms with van der Waals surface area (Å²) in [5.41, 5.74) is 4.34. The van der Waals surface area contributed by atoms with Crippen molar-refractivity contribution < 1.29 is 9.13 Å². The van der Waals surface area contributed by atoms with Crippen molar-refractivity contribution in [1.82, 2.24) is 9.97 Å². The minimum Gasteiger partial charge on any atom is -0.490 e. The van der Waals surface area contributed by atoms with Gasteiger partial charge in [-0.15, -0.1) is 0 Å². The lowest BCUT2D eigenvalue weighted by Crippen LogP contribution is -2.18. The summed E-state index contributed by atoms with van der Waals surface area (Å²) in [6.45, 7) is 0.705. The van der Waals surface area contributed by atoms with E-state index in [2.05, 4.69) is 15.4 Å². The highest BCUT2D eigenvalue weighted by Crippen LogP contribution is 2.40. The quantitative estimate of drug-likeness (QED) is 0.654. The fourth-order valence-electron chi connectivity index (χ4n) is 2.42. The fourth-order valence-corrected chi connectivity index (χ4v) is 2.42. The third-order valence-corrected chi connectivity index (χ3v) is 3.32. The SMILES string of the molecule is COc1c(NN)ncnc1N1CCc2ccc(F)cc21. The first-order valence-electron chi connectivity index (χ1n) is 6.16. The first-order valence-corrected chi connectivity index (χ1v) is 6.16. The van der Waals surface area contributed by atoms with Gasteiger partial charge in [0.05, 0.1) is 7.11 Å². The molecule has 20 heavy (non-hydrogen) atoms. The third-order valence-electron chi connectivity index (χ3n) is 3.32. The van der Waals surface area contributed by atoms with Crippen LogP contribution >= 0.6 is 0 Å². The van der Waals surface area contributed by atoms with Crippen molar-refractivity contribution in [1.29, 1.82) is 0 Å². The molecule has 1 aliphatic heterocycles. The van der Waals surface area contributed by atoms with Crippen molar-refractivity contribution in [3.8, 4) is 5.75 Å². The number of rotatable bonds is 3. The largest absolute Gasteiger partial charge is 0.490 e. The van der Waals surface area contributed by atoms with E-state index < -0.39 is 0 Å². The number of aromatic nitrogens is 2. The van der Waals surface area contributed by atoms with Gasteiger partial charge < -0.3 is 15.1 Å². The molecule has 0 radical (unpaired) electrons. The van der Waals surface area contributed by atoms with Gasteiger partial charge in [-0.1, -0.05) is 6.07 Å². The highest BCUT2D eigenvalue weighted by molar-refractivity contribution is 5.75. The van der Waals surface area contributed by atoms with Gasteiger partial charge in [0.25, 0.3) is 0 Å². The van der Waals surface area contributed by atoms with Crippen LogP contribution in [0.25, 0.3) is 0 Å². The Balaban J connectivity index is 2.10. The molecule has 104 valence electrons. The van der Waals surface area contributed by atoms with E-state index in [1.165, 1.54) is 25.6 Å². The topological polar surface area (TPSA) is 76.3 Å². The number of nitrogens with two attached hydrogens (primary N) is 1. The fraction of sp³-hybridized carbons (Fsp3) is 0.231. The number of nitrogens with one attached hydrogen (secondary N) is 1. The van der Waals surface area contributed by atoms with Crippen LogP contribution in [0.3, 0.4) is 0 Å². The number of fused-ring (bicyclic) bond motifs is 1. The normalized spacial score (nSPS) is 13.2. The van der Waals surface area contributed by atoms with E-state index in [0.717, 1.165) is 17.7 Å². The van der Waals surface area contributed by atoms with E-state index >= 15 is 0 Å². The second-order valence-electron chi connectivity index (χ2n) is 4.40. The van der Waals surface area contributed by atoms with Crippen molar-refractivity contribution in [2.24, 2.45) is 5.84 Å². The summed E-state index contributed by atoms with van der Waals surface area (Å²) >= 11 is 0. The zero-order valence-electron chi connectivity index (χ0n) is 10.9. The number of hydrogen-bond donors (Lipinski definition) is 2. The summed E-state index contributed by atoms with van der Waals surface area (Å²) in [7, 11) is 1.52. The summed E-state index contributed by atoms with van der Waals surface area (Å²) < 4.78 is 18.8. The molecule has 6 nitrogen and oxygen atoms in total. The van der Waals surface area contributed by atoms with Crippen molar-refractivity contribution in [2.75, 3.05) is 24.0 Å². The van der Waals surface area contributed by atoms with Gasteiger partial charge in [0.15, 0.2) is 11.6 Å². The Morgan fingerprint density at radius 2 is 2.25 bits per heavy atom. The van der Waals surface area contributed by atoms with Crippen molar-refractivity contribution in [3.05, 3.63) is 35.9 Å². The van der Waals surface area contributed by atoms with Crippen LogP contribution in [-0.4, -0.2) is 23.6 Å². The molecule has 1 aromatic heterocycles. The Kier molecular flexibility index (Phi) is 3.11. The van der Waals surface area contributed by atoms with Gasteiger partial charge >= 0.3 is 0 Å². The maximum Gasteiger partial charge on any atom is 0.206 e. The van der Waals surface area contributed by atoms with Gasteiger partial charge in [0.2, 0.25) is 5.75 Å². The molecule has 2 aromatic rings. The number of ether oxygens (including phenoxy) is 1. The molecule has 1 aromatic carbocycles. The molecule has 0 atom stereocenters. The van der Waals surface area contributed by atoms with E-state index in [1.54, 1.807) is 6.07 Å². The van der Waals surface area contributed by atoms with Crippen molar-refractivity contribution in [2.45, 2.75) is 6.42 Å². The molecule has 0 aliphatic carbocycles.